The Balaban J connectivity index is 4.24. The van der Waals surface area contributed by atoms with Crippen molar-refractivity contribution < 1.29 is 47.8 Å². The molecule has 0 bridgehead atoms. The fourth-order valence-electron chi connectivity index (χ4n) is 6.63. The molecule has 0 rings (SSSR count). The zero-order valence-electron chi connectivity index (χ0n) is 37.3. The molecule has 0 saturated carbocycles. The van der Waals surface area contributed by atoms with Crippen molar-refractivity contribution in [3.05, 3.63) is 24.3 Å². The highest BCUT2D eigenvalue weighted by molar-refractivity contribution is 7.47. The first-order valence-electron chi connectivity index (χ1n) is 23.8. The van der Waals surface area contributed by atoms with E-state index in [1.807, 2.05) is 0 Å². The summed E-state index contributed by atoms with van der Waals surface area (Å²) in [6.07, 6.45) is 44.2. The summed E-state index contributed by atoms with van der Waals surface area (Å²) in [5, 5.41) is 18.4. The summed E-state index contributed by atoms with van der Waals surface area (Å²) >= 11 is 0. The molecule has 0 saturated heterocycles. The molecule has 0 aliphatic carbocycles. The number of carbonyl (C=O) groups excluding carboxylic acids is 2. The summed E-state index contributed by atoms with van der Waals surface area (Å²) < 4.78 is 32.8. The Bertz CT molecular complexity index is 1020. The number of carbonyl (C=O) groups is 2. The van der Waals surface area contributed by atoms with Gasteiger partial charge in [0.15, 0.2) is 6.10 Å². The van der Waals surface area contributed by atoms with Crippen molar-refractivity contribution in [1.82, 2.24) is 0 Å². The molecule has 0 amide bonds. The molecule has 0 aromatic rings. The average Bonchev–Trinajstić information content (AvgIpc) is 3.21. The maximum atomic E-state index is 12.6. The monoisotopic (exact) mass is 845 g/mol. The summed E-state index contributed by atoms with van der Waals surface area (Å²) in [6.45, 7) is 2.39. The van der Waals surface area contributed by atoms with Crippen molar-refractivity contribution in [1.29, 1.82) is 0 Å². The van der Waals surface area contributed by atoms with Crippen LogP contribution in [0.1, 0.15) is 226 Å². The molecule has 3 atom stereocenters. The van der Waals surface area contributed by atoms with E-state index in [0.717, 1.165) is 57.8 Å². The fourth-order valence-corrected chi connectivity index (χ4v) is 7.42. The lowest BCUT2D eigenvalue weighted by Gasteiger charge is -2.20. The molecule has 0 spiro atoms. The van der Waals surface area contributed by atoms with Gasteiger partial charge in [-0.3, -0.25) is 18.6 Å². The number of phosphoric ester groups is 1. The molecule has 0 heterocycles. The lowest BCUT2D eigenvalue weighted by molar-refractivity contribution is -0.161. The smallest absolute Gasteiger partial charge is 0.462 e. The van der Waals surface area contributed by atoms with Crippen LogP contribution in [0.5, 0.6) is 0 Å². The van der Waals surface area contributed by atoms with Gasteiger partial charge in [-0.1, -0.05) is 173 Å². The normalized spacial score (nSPS) is 13.9. The van der Waals surface area contributed by atoms with E-state index in [1.165, 1.54) is 128 Å². The molecule has 0 aromatic carbocycles. The highest BCUT2D eigenvalue weighted by Gasteiger charge is 2.27. The molecule has 0 aromatic heterocycles. The van der Waals surface area contributed by atoms with Gasteiger partial charge in [-0.25, -0.2) is 4.57 Å². The minimum Gasteiger partial charge on any atom is -0.462 e. The Morgan fingerprint density at radius 1 is 0.500 bits per heavy atom. The van der Waals surface area contributed by atoms with Crippen LogP contribution >= 0.6 is 7.82 Å². The molecule has 1 unspecified atom stereocenters. The molecule has 10 nitrogen and oxygen atoms in total. The molecule has 58 heavy (non-hydrogen) atoms. The quantitative estimate of drug-likeness (QED) is 0.0234. The van der Waals surface area contributed by atoms with Crippen LogP contribution in [0.2, 0.25) is 0 Å². The van der Waals surface area contributed by atoms with Crippen LogP contribution in [0.15, 0.2) is 24.3 Å². The van der Waals surface area contributed by atoms with Gasteiger partial charge >= 0.3 is 19.8 Å². The maximum Gasteiger partial charge on any atom is 0.472 e. The Kier molecular flexibility index (Phi) is 42.4. The van der Waals surface area contributed by atoms with Gasteiger partial charge in [-0.2, -0.15) is 0 Å². The predicted octanol–water partition coefficient (Wildman–Crippen LogP) is 13.0. The van der Waals surface area contributed by atoms with Gasteiger partial charge in [-0.05, 0) is 64.2 Å². The van der Waals surface area contributed by atoms with Gasteiger partial charge in [0.05, 0.1) is 19.8 Å². The number of hydrogen-bond donors (Lipinski definition) is 3. The third-order valence-corrected chi connectivity index (χ3v) is 11.3. The Hall–Kier alpha value is -1.55. The van der Waals surface area contributed by atoms with Gasteiger partial charge in [-0.15, -0.1) is 0 Å². The lowest BCUT2D eigenvalue weighted by Crippen LogP contribution is -2.29. The van der Waals surface area contributed by atoms with E-state index < -0.39 is 51.8 Å². The van der Waals surface area contributed by atoms with Gasteiger partial charge in [0.2, 0.25) is 0 Å². The molecule has 0 aliphatic rings. The van der Waals surface area contributed by atoms with E-state index in [4.69, 9.17) is 23.6 Å². The number of unbranched alkanes of at least 4 members (excludes halogenated alkanes) is 27. The number of rotatable bonds is 45. The summed E-state index contributed by atoms with van der Waals surface area (Å²) in [7, 11) is -4.62. The predicted molar refractivity (Wildman–Crippen MR) is 238 cm³/mol. The summed E-state index contributed by atoms with van der Waals surface area (Å²) in [5.41, 5.74) is 0. The number of phosphoric acid groups is 1. The van der Waals surface area contributed by atoms with Crippen LogP contribution in [0.25, 0.3) is 0 Å². The third-order valence-electron chi connectivity index (χ3n) is 10.3. The second-order valence-corrected chi connectivity index (χ2v) is 17.6. The second kappa shape index (κ2) is 43.5. The van der Waals surface area contributed by atoms with Crippen molar-refractivity contribution in [3.63, 3.8) is 0 Å². The highest BCUT2D eigenvalue weighted by Crippen LogP contribution is 2.43. The van der Waals surface area contributed by atoms with E-state index in [2.05, 4.69) is 38.2 Å². The molecule has 3 N–H and O–H groups in total. The zero-order valence-corrected chi connectivity index (χ0v) is 38.2. The molecule has 11 heteroatoms. The Morgan fingerprint density at radius 3 is 1.24 bits per heavy atom. The molecule has 0 fully saturated rings. The first kappa shape index (κ1) is 56.5. The number of ether oxygens (including phenoxy) is 2. The van der Waals surface area contributed by atoms with Crippen molar-refractivity contribution in [2.24, 2.45) is 0 Å². The standard InChI is InChI=1S/C47H89O10P/c1-3-5-7-9-11-13-15-17-19-21-22-23-25-27-29-31-33-35-37-39-47(51)57-45(43-56-58(52,53)55-41-44(49)40-48)42-54-46(50)38-36-34-32-30-28-26-24-20-18-16-14-12-10-8-6-4-2/h20-22,24,44-45,48-49H,3-19,23,25-43H2,1-2H3,(H,52,53)/b22-21-,24-20-/t44-,45+/m0/s1. The second-order valence-electron chi connectivity index (χ2n) is 16.1. The number of aliphatic hydroxyl groups excluding tert-OH is 2. The van der Waals surface area contributed by atoms with E-state index >= 15 is 0 Å². The Morgan fingerprint density at radius 2 is 0.845 bits per heavy atom. The van der Waals surface area contributed by atoms with Crippen LogP contribution in [0, 0.1) is 0 Å². The molecular formula is C47H89O10P. The van der Waals surface area contributed by atoms with Gasteiger partial charge in [0.25, 0.3) is 0 Å². The van der Waals surface area contributed by atoms with Crippen LogP contribution in [0.3, 0.4) is 0 Å². The first-order valence-corrected chi connectivity index (χ1v) is 25.3. The van der Waals surface area contributed by atoms with E-state index in [9.17, 15) is 24.2 Å². The van der Waals surface area contributed by atoms with Gasteiger partial charge in [0.1, 0.15) is 12.7 Å². The molecular weight excluding hydrogens is 755 g/mol. The van der Waals surface area contributed by atoms with Crippen LogP contribution in [-0.2, 0) is 32.7 Å². The minimum atomic E-state index is -4.62. The van der Waals surface area contributed by atoms with Crippen molar-refractivity contribution in [2.45, 2.75) is 238 Å². The van der Waals surface area contributed by atoms with Gasteiger partial charge in [0, 0.05) is 12.8 Å². The SMILES string of the molecule is CCCCCCCCC/C=C\CCCCCCCC(=O)OC[C@H](COP(=O)(O)OC[C@@H](O)CO)OC(=O)CCCCCCCCC/C=C\CCCCCCCCCC. The van der Waals surface area contributed by atoms with E-state index in [1.54, 1.807) is 0 Å². The van der Waals surface area contributed by atoms with E-state index in [0.29, 0.717) is 12.8 Å². The lowest BCUT2D eigenvalue weighted by atomic mass is 10.1. The van der Waals surface area contributed by atoms with Crippen LogP contribution in [-0.4, -0.2) is 65.7 Å². The van der Waals surface area contributed by atoms with Crippen LogP contribution < -0.4 is 0 Å². The molecule has 342 valence electrons. The van der Waals surface area contributed by atoms with Crippen molar-refractivity contribution in [2.75, 3.05) is 26.4 Å². The molecule has 0 radical (unpaired) electrons. The fraction of sp³-hybridized carbons (Fsp3) is 0.872. The summed E-state index contributed by atoms with van der Waals surface area (Å²) in [5.74, 6) is -0.931. The molecule has 0 aliphatic heterocycles. The number of aliphatic hydroxyl groups is 2. The average molecular weight is 845 g/mol. The third kappa shape index (κ3) is 42.6. The number of esters is 2. The first-order chi connectivity index (χ1) is 28.2. The zero-order chi connectivity index (χ0) is 42.6. The van der Waals surface area contributed by atoms with Crippen molar-refractivity contribution >= 4 is 19.8 Å². The van der Waals surface area contributed by atoms with Gasteiger partial charge < -0.3 is 24.6 Å². The Labute approximate surface area is 355 Å². The highest BCUT2D eigenvalue weighted by atomic mass is 31.2. The number of allylic oxidation sites excluding steroid dienone is 4. The summed E-state index contributed by atoms with van der Waals surface area (Å²) in [4.78, 5) is 35.1. The largest absolute Gasteiger partial charge is 0.472 e. The van der Waals surface area contributed by atoms with Crippen LogP contribution in [0.4, 0.5) is 0 Å². The topological polar surface area (TPSA) is 149 Å². The van der Waals surface area contributed by atoms with E-state index in [-0.39, 0.29) is 19.4 Å². The van der Waals surface area contributed by atoms with Crippen molar-refractivity contribution in [3.8, 4) is 0 Å². The summed E-state index contributed by atoms with van der Waals surface area (Å²) in [6, 6.07) is 0. The maximum absolute atomic E-state index is 12.6. The minimum absolute atomic E-state index is 0.180. The number of hydrogen-bond acceptors (Lipinski definition) is 9.